The number of Topliss-reactive ketones (excluding diaryl/α,β-unsaturated/α-hetero) is 1. The van der Waals surface area contributed by atoms with Crippen LogP contribution in [0.15, 0.2) is 53.4 Å². The summed E-state index contributed by atoms with van der Waals surface area (Å²) in [7, 11) is 0. The number of rotatable bonds is 6. The van der Waals surface area contributed by atoms with E-state index < -0.39 is 5.82 Å². The maximum atomic E-state index is 14.1. The third-order valence-corrected chi connectivity index (χ3v) is 5.13. The van der Waals surface area contributed by atoms with Crippen LogP contribution in [0.1, 0.15) is 23.0 Å². The summed E-state index contributed by atoms with van der Waals surface area (Å²) in [5, 5.41) is 7.73. The lowest BCUT2D eigenvalue weighted by molar-refractivity contribution is -0.113. The van der Waals surface area contributed by atoms with Gasteiger partial charge in [-0.15, -0.1) is 11.8 Å². The van der Waals surface area contributed by atoms with Crippen molar-refractivity contribution in [1.82, 2.24) is 9.78 Å². The van der Waals surface area contributed by atoms with Gasteiger partial charge in [0.15, 0.2) is 5.78 Å². The number of nitrogens with one attached hydrogen (secondary N) is 1. The molecule has 0 unspecified atom stereocenters. The van der Waals surface area contributed by atoms with E-state index >= 15 is 0 Å². The normalized spacial score (nSPS) is 10.7. The zero-order valence-electron chi connectivity index (χ0n) is 15.2. The van der Waals surface area contributed by atoms with Crippen molar-refractivity contribution in [3.8, 4) is 5.69 Å². The van der Waals surface area contributed by atoms with Crippen LogP contribution in [-0.4, -0.2) is 27.2 Å². The fraction of sp³-hybridized carbons (Fsp3) is 0.150. The van der Waals surface area contributed by atoms with Gasteiger partial charge < -0.3 is 5.32 Å². The third-order valence-electron chi connectivity index (χ3n) is 3.85. The Morgan fingerprint density at radius 3 is 2.68 bits per heavy atom. The number of benzene rings is 2. The van der Waals surface area contributed by atoms with Crippen LogP contribution in [-0.2, 0) is 4.79 Å². The van der Waals surface area contributed by atoms with E-state index in [4.69, 9.17) is 11.6 Å². The molecule has 0 aliphatic rings. The number of nitrogens with zero attached hydrogens (tertiary/aromatic N) is 2. The van der Waals surface area contributed by atoms with E-state index in [-0.39, 0.29) is 17.4 Å². The zero-order valence-corrected chi connectivity index (χ0v) is 16.8. The van der Waals surface area contributed by atoms with Gasteiger partial charge in [0.25, 0.3) is 0 Å². The van der Waals surface area contributed by atoms with Crippen molar-refractivity contribution in [2.24, 2.45) is 0 Å². The predicted molar refractivity (Wildman–Crippen MR) is 109 cm³/mol. The van der Waals surface area contributed by atoms with Gasteiger partial charge >= 0.3 is 0 Å². The van der Waals surface area contributed by atoms with E-state index in [0.717, 1.165) is 23.1 Å². The van der Waals surface area contributed by atoms with Crippen LogP contribution in [0.25, 0.3) is 5.69 Å². The molecule has 3 rings (SSSR count). The molecule has 144 valence electrons. The molecule has 0 aliphatic carbocycles. The second-order valence-corrected chi connectivity index (χ2v) is 7.55. The molecule has 0 bridgehead atoms. The molecular formula is C20H17ClFN3O2S. The van der Waals surface area contributed by atoms with E-state index in [1.165, 1.54) is 19.1 Å². The summed E-state index contributed by atoms with van der Waals surface area (Å²) in [6.45, 7) is 3.19. The molecule has 0 radical (unpaired) electrons. The van der Waals surface area contributed by atoms with Gasteiger partial charge in [-0.25, -0.2) is 9.07 Å². The first kappa shape index (κ1) is 20.1. The number of amides is 1. The first-order valence-corrected chi connectivity index (χ1v) is 9.75. The molecule has 0 saturated heterocycles. The summed E-state index contributed by atoms with van der Waals surface area (Å²) in [6.07, 6.45) is 0. The van der Waals surface area contributed by atoms with Gasteiger partial charge in [-0.05, 0) is 44.2 Å². The van der Waals surface area contributed by atoms with Crippen LogP contribution < -0.4 is 5.32 Å². The number of halogens is 2. The minimum Gasteiger partial charge on any atom is -0.310 e. The van der Waals surface area contributed by atoms with Crippen LogP contribution in [0.3, 0.4) is 0 Å². The Labute approximate surface area is 170 Å². The summed E-state index contributed by atoms with van der Waals surface area (Å²) >= 11 is 7.09. The van der Waals surface area contributed by atoms with E-state index in [1.807, 2.05) is 13.0 Å². The molecular weight excluding hydrogens is 401 g/mol. The predicted octanol–water partition coefficient (Wildman–Crippen LogP) is 4.91. The highest BCUT2D eigenvalue weighted by molar-refractivity contribution is 8.00. The maximum absolute atomic E-state index is 14.1. The van der Waals surface area contributed by atoms with Crippen molar-refractivity contribution in [2.45, 2.75) is 18.7 Å². The molecule has 28 heavy (non-hydrogen) atoms. The number of aryl methyl sites for hydroxylation is 1. The number of aromatic nitrogens is 2. The van der Waals surface area contributed by atoms with Gasteiger partial charge in [-0.2, -0.15) is 5.10 Å². The van der Waals surface area contributed by atoms with Gasteiger partial charge in [0, 0.05) is 21.5 Å². The maximum Gasteiger partial charge on any atom is 0.235 e. The molecule has 1 N–H and O–H groups in total. The molecule has 0 fully saturated rings. The number of hydrogen-bond donors (Lipinski definition) is 1. The monoisotopic (exact) mass is 417 g/mol. The fourth-order valence-electron chi connectivity index (χ4n) is 2.55. The number of hydrogen-bond acceptors (Lipinski definition) is 4. The number of thioether (sulfide) groups is 1. The van der Waals surface area contributed by atoms with E-state index in [9.17, 15) is 14.0 Å². The summed E-state index contributed by atoms with van der Waals surface area (Å²) in [5.74, 6) is -0.528. The summed E-state index contributed by atoms with van der Waals surface area (Å²) < 4.78 is 15.7. The molecule has 0 saturated carbocycles. The third kappa shape index (κ3) is 4.79. The molecule has 1 aromatic heterocycles. The number of ketones is 1. The van der Waals surface area contributed by atoms with Crippen LogP contribution in [0.5, 0.6) is 0 Å². The lowest BCUT2D eigenvalue weighted by Crippen LogP contribution is -2.17. The fourth-order valence-corrected chi connectivity index (χ4v) is 3.46. The highest BCUT2D eigenvalue weighted by atomic mass is 35.5. The Balaban J connectivity index is 1.70. The van der Waals surface area contributed by atoms with Crippen LogP contribution in [0, 0.1) is 12.7 Å². The minimum absolute atomic E-state index is 0.0100. The van der Waals surface area contributed by atoms with Crippen LogP contribution >= 0.6 is 23.4 Å². The quantitative estimate of drug-likeness (QED) is 0.457. The second-order valence-electron chi connectivity index (χ2n) is 6.10. The Morgan fingerprint density at radius 2 is 2.00 bits per heavy atom. The van der Waals surface area contributed by atoms with Gasteiger partial charge in [0.1, 0.15) is 11.6 Å². The van der Waals surface area contributed by atoms with E-state index in [2.05, 4.69) is 10.4 Å². The smallest absolute Gasteiger partial charge is 0.235 e. The van der Waals surface area contributed by atoms with E-state index in [1.54, 1.807) is 35.0 Å². The van der Waals surface area contributed by atoms with Crippen molar-refractivity contribution in [3.63, 3.8) is 0 Å². The van der Waals surface area contributed by atoms with Gasteiger partial charge in [0.05, 0.1) is 17.1 Å². The average Bonchev–Trinajstić information content (AvgIpc) is 3.00. The minimum atomic E-state index is -0.523. The summed E-state index contributed by atoms with van der Waals surface area (Å²) in [5.41, 5.74) is 1.75. The van der Waals surface area contributed by atoms with Crippen molar-refractivity contribution in [3.05, 3.63) is 70.6 Å². The lowest BCUT2D eigenvalue weighted by atomic mass is 10.1. The Kier molecular flexibility index (Phi) is 6.16. The molecule has 2 aromatic carbocycles. The Morgan fingerprint density at radius 1 is 1.21 bits per heavy atom. The number of carbonyl (C=O) groups is 2. The Bertz CT molecular complexity index is 1050. The Hall–Kier alpha value is -2.64. The van der Waals surface area contributed by atoms with Gasteiger partial charge in [0.2, 0.25) is 5.91 Å². The van der Waals surface area contributed by atoms with Crippen LogP contribution in [0.2, 0.25) is 5.02 Å². The van der Waals surface area contributed by atoms with Crippen molar-refractivity contribution < 1.29 is 14.0 Å². The first-order chi connectivity index (χ1) is 13.3. The molecule has 5 nitrogen and oxygen atoms in total. The van der Waals surface area contributed by atoms with Gasteiger partial charge in [-0.3, -0.25) is 9.59 Å². The molecule has 3 aromatic rings. The first-order valence-electron chi connectivity index (χ1n) is 8.39. The molecule has 1 amide bonds. The van der Waals surface area contributed by atoms with Crippen molar-refractivity contribution >= 4 is 40.9 Å². The largest absolute Gasteiger partial charge is 0.310 e. The summed E-state index contributed by atoms with van der Waals surface area (Å²) in [6, 6.07) is 13.1. The highest BCUT2D eigenvalue weighted by Crippen LogP contribution is 2.24. The molecule has 1 heterocycles. The molecule has 0 atom stereocenters. The molecule has 0 aliphatic heterocycles. The van der Waals surface area contributed by atoms with Gasteiger partial charge in [-0.1, -0.05) is 23.7 Å². The topological polar surface area (TPSA) is 64.0 Å². The van der Waals surface area contributed by atoms with E-state index in [0.29, 0.717) is 21.3 Å². The molecule has 8 heteroatoms. The van der Waals surface area contributed by atoms with Crippen LogP contribution in [0.4, 0.5) is 10.2 Å². The number of anilines is 1. The van der Waals surface area contributed by atoms with Crippen molar-refractivity contribution in [2.75, 3.05) is 11.1 Å². The second kappa shape index (κ2) is 8.58. The van der Waals surface area contributed by atoms with Crippen molar-refractivity contribution in [1.29, 1.82) is 0 Å². The summed E-state index contributed by atoms with van der Waals surface area (Å²) in [4.78, 5) is 24.0. The standard InChI is InChI=1S/C20H17ClFN3O2S/c1-12-8-19(25(24-12)16-5-3-4-15(21)10-16)23-20(27)11-28-18-7-6-14(13(2)26)9-17(18)22/h3-10H,11H2,1-2H3,(H,23,27). The SMILES string of the molecule is CC(=O)c1ccc(SCC(=O)Nc2cc(C)nn2-c2cccc(Cl)c2)c(F)c1. The highest BCUT2D eigenvalue weighted by Gasteiger charge is 2.13. The molecule has 0 spiro atoms. The zero-order chi connectivity index (χ0) is 20.3. The number of carbonyl (C=O) groups excluding carboxylic acids is 2. The lowest BCUT2D eigenvalue weighted by Gasteiger charge is -2.09. The average molecular weight is 418 g/mol.